The lowest BCUT2D eigenvalue weighted by molar-refractivity contribution is -0.141. The number of anilines is 2. The standard InChI is InChI=1S/C21H31ClN2O6/c1-8-13(17(25)26)12-23-15-11-14(22)9-10-16(15)24(18(27)29-20(2,3)4)19(28)30-21(5,6)7/h9-11,13,23H,8,12H2,1-7H3,(H,25,26). The van der Waals surface area contributed by atoms with Crippen LogP contribution in [0, 0.1) is 5.92 Å². The lowest BCUT2D eigenvalue weighted by Gasteiger charge is -2.30. The molecule has 0 radical (unpaired) electrons. The van der Waals surface area contributed by atoms with Gasteiger partial charge >= 0.3 is 18.2 Å². The summed E-state index contributed by atoms with van der Waals surface area (Å²) in [6.07, 6.45) is -1.44. The molecule has 1 aromatic carbocycles. The van der Waals surface area contributed by atoms with Crippen LogP contribution >= 0.6 is 11.6 Å². The molecule has 1 aromatic rings. The minimum absolute atomic E-state index is 0.0790. The van der Waals surface area contributed by atoms with Crippen LogP contribution in [0.5, 0.6) is 0 Å². The molecule has 0 aliphatic heterocycles. The van der Waals surface area contributed by atoms with Crippen molar-refractivity contribution >= 4 is 41.1 Å². The van der Waals surface area contributed by atoms with Crippen molar-refractivity contribution in [1.82, 2.24) is 0 Å². The van der Waals surface area contributed by atoms with Crippen molar-refractivity contribution in [3.63, 3.8) is 0 Å². The summed E-state index contributed by atoms with van der Waals surface area (Å²) in [5.74, 6) is -1.61. The summed E-state index contributed by atoms with van der Waals surface area (Å²) in [7, 11) is 0. The van der Waals surface area contributed by atoms with E-state index in [2.05, 4.69) is 5.32 Å². The highest BCUT2D eigenvalue weighted by Gasteiger charge is 2.34. The van der Waals surface area contributed by atoms with Crippen molar-refractivity contribution in [2.75, 3.05) is 16.8 Å². The number of amides is 2. The highest BCUT2D eigenvalue weighted by Crippen LogP contribution is 2.32. The van der Waals surface area contributed by atoms with E-state index in [0.29, 0.717) is 17.1 Å². The van der Waals surface area contributed by atoms with E-state index in [1.807, 2.05) is 0 Å². The van der Waals surface area contributed by atoms with Gasteiger partial charge in [-0.15, -0.1) is 0 Å². The molecule has 168 valence electrons. The Kier molecular flexibility index (Phi) is 8.53. The van der Waals surface area contributed by atoms with Gasteiger partial charge in [-0.1, -0.05) is 18.5 Å². The van der Waals surface area contributed by atoms with Crippen molar-refractivity contribution in [2.24, 2.45) is 5.92 Å². The molecular weight excluding hydrogens is 412 g/mol. The van der Waals surface area contributed by atoms with Crippen molar-refractivity contribution in [3.8, 4) is 0 Å². The second-order valence-corrected chi connectivity index (χ2v) is 9.22. The molecule has 0 bridgehead atoms. The second kappa shape index (κ2) is 10.0. The van der Waals surface area contributed by atoms with E-state index in [0.717, 1.165) is 4.90 Å². The number of nitrogens with zero attached hydrogens (tertiary/aromatic N) is 1. The normalized spacial score (nSPS) is 12.7. The number of carbonyl (C=O) groups is 3. The molecule has 1 rings (SSSR count). The number of carboxylic acid groups (broad SMARTS) is 1. The molecule has 0 aromatic heterocycles. The fourth-order valence-corrected chi connectivity index (χ4v) is 2.54. The number of aliphatic carboxylic acids is 1. The average Bonchev–Trinajstić information content (AvgIpc) is 2.53. The summed E-state index contributed by atoms with van der Waals surface area (Å²) in [6.45, 7) is 11.9. The quantitative estimate of drug-likeness (QED) is 0.595. The van der Waals surface area contributed by atoms with E-state index < -0.39 is 35.3 Å². The van der Waals surface area contributed by atoms with E-state index in [1.54, 1.807) is 48.5 Å². The van der Waals surface area contributed by atoms with E-state index in [4.69, 9.17) is 21.1 Å². The maximum absolute atomic E-state index is 12.9. The summed E-state index contributed by atoms with van der Waals surface area (Å²) in [4.78, 5) is 37.9. The van der Waals surface area contributed by atoms with Crippen LogP contribution in [-0.2, 0) is 14.3 Å². The van der Waals surface area contributed by atoms with Crippen LogP contribution < -0.4 is 10.2 Å². The lowest BCUT2D eigenvalue weighted by atomic mass is 10.1. The highest BCUT2D eigenvalue weighted by molar-refractivity contribution is 6.31. The summed E-state index contributed by atoms with van der Waals surface area (Å²) in [5.41, 5.74) is -1.26. The number of rotatable bonds is 6. The monoisotopic (exact) mass is 442 g/mol. The van der Waals surface area contributed by atoms with Gasteiger partial charge in [0.15, 0.2) is 0 Å². The maximum Gasteiger partial charge on any atom is 0.424 e. The Morgan fingerprint density at radius 3 is 1.97 bits per heavy atom. The molecule has 0 spiro atoms. The van der Waals surface area contributed by atoms with Crippen molar-refractivity contribution < 1.29 is 29.0 Å². The van der Waals surface area contributed by atoms with Gasteiger partial charge in [0.1, 0.15) is 11.2 Å². The van der Waals surface area contributed by atoms with Gasteiger partial charge in [-0.2, -0.15) is 4.90 Å². The van der Waals surface area contributed by atoms with Crippen LogP contribution in [0.3, 0.4) is 0 Å². The highest BCUT2D eigenvalue weighted by atomic mass is 35.5. The van der Waals surface area contributed by atoms with Crippen LogP contribution in [0.4, 0.5) is 21.0 Å². The first-order chi connectivity index (χ1) is 13.6. The minimum atomic E-state index is -0.954. The fraction of sp³-hybridized carbons (Fsp3) is 0.571. The molecule has 30 heavy (non-hydrogen) atoms. The van der Waals surface area contributed by atoms with Gasteiger partial charge in [0.05, 0.1) is 17.3 Å². The molecule has 0 saturated carbocycles. The summed E-state index contributed by atoms with van der Waals surface area (Å²) in [5, 5.41) is 12.6. The molecule has 1 unspecified atom stereocenters. The number of carboxylic acids is 1. The van der Waals surface area contributed by atoms with Crippen LogP contribution in [0.25, 0.3) is 0 Å². The first-order valence-electron chi connectivity index (χ1n) is 9.67. The molecule has 0 fully saturated rings. The average molecular weight is 443 g/mol. The summed E-state index contributed by atoms with van der Waals surface area (Å²) >= 11 is 6.10. The zero-order valence-electron chi connectivity index (χ0n) is 18.5. The zero-order valence-corrected chi connectivity index (χ0v) is 19.3. The third kappa shape index (κ3) is 8.10. The molecule has 2 amide bonds. The van der Waals surface area contributed by atoms with Gasteiger partial charge in [0, 0.05) is 11.6 Å². The van der Waals surface area contributed by atoms with Gasteiger partial charge in [-0.25, -0.2) is 9.59 Å². The molecule has 9 heteroatoms. The van der Waals surface area contributed by atoms with E-state index in [-0.39, 0.29) is 12.2 Å². The number of nitrogens with one attached hydrogen (secondary N) is 1. The third-order valence-corrected chi connectivity index (χ3v) is 3.97. The van der Waals surface area contributed by atoms with E-state index in [9.17, 15) is 19.5 Å². The Morgan fingerprint density at radius 2 is 1.57 bits per heavy atom. The SMILES string of the molecule is CCC(CNc1cc(Cl)ccc1N(C(=O)OC(C)(C)C)C(=O)OC(C)(C)C)C(=O)O. The van der Waals surface area contributed by atoms with Crippen molar-refractivity contribution in [1.29, 1.82) is 0 Å². The van der Waals surface area contributed by atoms with E-state index in [1.165, 1.54) is 18.2 Å². The molecule has 2 N–H and O–H groups in total. The molecule has 8 nitrogen and oxygen atoms in total. The van der Waals surface area contributed by atoms with Gasteiger partial charge in [0.25, 0.3) is 0 Å². The molecule has 1 atom stereocenters. The van der Waals surface area contributed by atoms with Gasteiger partial charge in [0.2, 0.25) is 0 Å². The Balaban J connectivity index is 3.39. The number of hydrogen-bond acceptors (Lipinski definition) is 6. The van der Waals surface area contributed by atoms with Gasteiger partial charge in [-0.05, 0) is 66.2 Å². The van der Waals surface area contributed by atoms with Crippen LogP contribution in [0.2, 0.25) is 5.02 Å². The van der Waals surface area contributed by atoms with E-state index >= 15 is 0 Å². The maximum atomic E-state index is 12.9. The predicted molar refractivity (Wildman–Crippen MR) is 116 cm³/mol. The largest absolute Gasteiger partial charge is 0.481 e. The zero-order chi connectivity index (χ0) is 23.3. The number of ether oxygens (including phenoxy) is 2. The molecule has 0 aliphatic carbocycles. The molecule has 0 aliphatic rings. The van der Waals surface area contributed by atoms with Crippen LogP contribution in [-0.4, -0.2) is 41.0 Å². The number of benzene rings is 1. The smallest absolute Gasteiger partial charge is 0.424 e. The Labute approximate surface area is 182 Å². The number of halogens is 1. The minimum Gasteiger partial charge on any atom is -0.481 e. The molecular formula is C21H31ClN2O6. The Bertz CT molecular complexity index is 755. The van der Waals surface area contributed by atoms with Crippen molar-refractivity contribution in [2.45, 2.75) is 66.1 Å². The summed E-state index contributed by atoms with van der Waals surface area (Å²) < 4.78 is 10.8. The Hall–Kier alpha value is -2.48. The topological polar surface area (TPSA) is 105 Å². The van der Waals surface area contributed by atoms with Crippen LogP contribution in [0.15, 0.2) is 18.2 Å². The summed E-state index contributed by atoms with van der Waals surface area (Å²) in [6, 6.07) is 4.49. The predicted octanol–water partition coefficient (Wildman–Crippen LogP) is 5.54. The number of hydrogen-bond donors (Lipinski definition) is 2. The fourth-order valence-electron chi connectivity index (χ4n) is 2.37. The molecule has 0 saturated heterocycles. The first kappa shape index (κ1) is 25.6. The van der Waals surface area contributed by atoms with Crippen molar-refractivity contribution in [3.05, 3.63) is 23.2 Å². The number of carbonyl (C=O) groups excluding carboxylic acids is 2. The molecule has 0 heterocycles. The third-order valence-electron chi connectivity index (χ3n) is 3.73. The van der Waals surface area contributed by atoms with Gasteiger partial charge in [-0.3, -0.25) is 4.79 Å². The lowest BCUT2D eigenvalue weighted by Crippen LogP contribution is -2.44. The Morgan fingerprint density at radius 1 is 1.07 bits per heavy atom. The number of imide groups is 1. The van der Waals surface area contributed by atoms with Crippen LogP contribution in [0.1, 0.15) is 54.9 Å². The van der Waals surface area contributed by atoms with Gasteiger partial charge < -0.3 is 19.9 Å². The second-order valence-electron chi connectivity index (χ2n) is 8.78. The first-order valence-corrected chi connectivity index (χ1v) is 10.0.